The van der Waals surface area contributed by atoms with Gasteiger partial charge in [-0.05, 0) is 11.4 Å². The van der Waals surface area contributed by atoms with E-state index in [0.717, 1.165) is 10.6 Å². The molecule has 0 unspecified atom stereocenters. The number of primary amides is 1. The highest BCUT2D eigenvalue weighted by atomic mass is 32.1. The van der Waals surface area contributed by atoms with Gasteiger partial charge in [0.05, 0.1) is 4.88 Å². The molecular weight excluding hydrogens is 212 g/mol. The van der Waals surface area contributed by atoms with Crippen LogP contribution in [-0.4, -0.2) is 15.8 Å². The van der Waals surface area contributed by atoms with Gasteiger partial charge in [-0.15, -0.1) is 11.3 Å². The number of rotatable bonds is 2. The fraction of sp³-hybridized carbons (Fsp3) is 0.111. The van der Waals surface area contributed by atoms with Gasteiger partial charge in [0.1, 0.15) is 11.5 Å². The number of urea groups is 1. The fourth-order valence-electron chi connectivity index (χ4n) is 1.26. The first-order valence-corrected chi connectivity index (χ1v) is 5.19. The van der Waals surface area contributed by atoms with E-state index in [2.05, 4.69) is 10.4 Å². The maximum Gasteiger partial charge on any atom is 0.317 e. The number of hydrogen-bond donors (Lipinski definition) is 2. The molecule has 2 aromatic rings. The molecule has 0 atom stereocenters. The molecule has 0 radical (unpaired) electrons. The lowest BCUT2D eigenvalue weighted by molar-refractivity contribution is 0.259. The number of aromatic nitrogens is 2. The van der Waals surface area contributed by atoms with E-state index in [1.165, 1.54) is 0 Å². The van der Waals surface area contributed by atoms with E-state index < -0.39 is 6.03 Å². The Hall–Kier alpha value is -1.82. The minimum absolute atomic E-state index is 0.587. The molecule has 0 bridgehead atoms. The van der Waals surface area contributed by atoms with E-state index in [0.29, 0.717) is 5.82 Å². The summed E-state index contributed by atoms with van der Waals surface area (Å²) in [6.07, 6.45) is 0. The van der Waals surface area contributed by atoms with Crippen molar-refractivity contribution in [1.82, 2.24) is 9.78 Å². The van der Waals surface area contributed by atoms with Crippen LogP contribution in [-0.2, 0) is 7.05 Å². The quantitative estimate of drug-likeness (QED) is 0.810. The van der Waals surface area contributed by atoms with Gasteiger partial charge in [0.15, 0.2) is 0 Å². The number of anilines is 1. The summed E-state index contributed by atoms with van der Waals surface area (Å²) in [4.78, 5) is 11.7. The van der Waals surface area contributed by atoms with Crippen molar-refractivity contribution < 1.29 is 4.79 Å². The molecule has 0 aliphatic heterocycles. The number of nitrogens with one attached hydrogen (secondary N) is 1. The smallest absolute Gasteiger partial charge is 0.317 e. The summed E-state index contributed by atoms with van der Waals surface area (Å²) < 4.78 is 1.58. The third-order valence-corrected chi connectivity index (χ3v) is 2.80. The molecule has 0 aliphatic carbocycles. The Morgan fingerprint density at radius 1 is 1.67 bits per heavy atom. The first kappa shape index (κ1) is 9.72. The normalized spacial score (nSPS) is 10.2. The number of thiophene rings is 1. The van der Waals surface area contributed by atoms with Crippen LogP contribution in [0.15, 0.2) is 23.6 Å². The Labute approximate surface area is 90.5 Å². The van der Waals surface area contributed by atoms with Gasteiger partial charge < -0.3 is 5.73 Å². The molecule has 3 N–H and O–H groups in total. The topological polar surface area (TPSA) is 72.9 Å². The third kappa shape index (κ3) is 1.99. The Balaban J connectivity index is 2.33. The van der Waals surface area contributed by atoms with E-state index >= 15 is 0 Å². The Bertz CT molecular complexity index is 474. The van der Waals surface area contributed by atoms with Crippen molar-refractivity contribution in [1.29, 1.82) is 0 Å². The first-order valence-electron chi connectivity index (χ1n) is 4.31. The Morgan fingerprint density at radius 2 is 2.47 bits per heavy atom. The highest BCUT2D eigenvalue weighted by Crippen LogP contribution is 2.25. The maximum atomic E-state index is 10.7. The van der Waals surface area contributed by atoms with Crippen LogP contribution < -0.4 is 11.1 Å². The van der Waals surface area contributed by atoms with E-state index in [1.54, 1.807) is 29.1 Å². The lowest BCUT2D eigenvalue weighted by Crippen LogP contribution is -2.20. The van der Waals surface area contributed by atoms with Crippen molar-refractivity contribution in [2.45, 2.75) is 0 Å². The second-order valence-electron chi connectivity index (χ2n) is 3.00. The van der Waals surface area contributed by atoms with Gasteiger partial charge in [-0.1, -0.05) is 6.07 Å². The molecule has 5 nitrogen and oxygen atoms in total. The van der Waals surface area contributed by atoms with Gasteiger partial charge in [-0.3, -0.25) is 10.00 Å². The molecule has 0 spiro atoms. The lowest BCUT2D eigenvalue weighted by Gasteiger charge is -1.99. The van der Waals surface area contributed by atoms with E-state index in [4.69, 9.17) is 5.73 Å². The van der Waals surface area contributed by atoms with Crippen molar-refractivity contribution in [2.75, 3.05) is 5.32 Å². The summed E-state index contributed by atoms with van der Waals surface area (Å²) in [5.41, 5.74) is 5.86. The van der Waals surface area contributed by atoms with Crippen LogP contribution in [0.3, 0.4) is 0 Å². The molecule has 6 heteroatoms. The van der Waals surface area contributed by atoms with Crippen LogP contribution in [0.5, 0.6) is 0 Å². The summed E-state index contributed by atoms with van der Waals surface area (Å²) in [7, 11) is 1.75. The molecule has 0 fully saturated rings. The monoisotopic (exact) mass is 222 g/mol. The van der Waals surface area contributed by atoms with Gasteiger partial charge in [0.2, 0.25) is 0 Å². The maximum absolute atomic E-state index is 10.7. The van der Waals surface area contributed by atoms with Gasteiger partial charge >= 0.3 is 6.03 Å². The second kappa shape index (κ2) is 3.74. The largest absolute Gasteiger partial charge is 0.351 e. The van der Waals surface area contributed by atoms with Gasteiger partial charge in [-0.25, -0.2) is 4.79 Å². The Morgan fingerprint density at radius 3 is 3.07 bits per heavy atom. The molecule has 15 heavy (non-hydrogen) atoms. The molecule has 0 saturated carbocycles. The number of carbonyl (C=O) groups is 1. The van der Waals surface area contributed by atoms with Crippen LogP contribution in [0.4, 0.5) is 10.6 Å². The van der Waals surface area contributed by atoms with Crippen molar-refractivity contribution >= 4 is 23.2 Å². The zero-order valence-corrected chi connectivity index (χ0v) is 8.91. The molecule has 78 valence electrons. The summed E-state index contributed by atoms with van der Waals surface area (Å²) >= 11 is 1.60. The van der Waals surface area contributed by atoms with Crippen molar-refractivity contribution in [3.8, 4) is 10.6 Å². The number of nitrogens with two attached hydrogens (primary N) is 1. The van der Waals surface area contributed by atoms with Crippen LogP contribution in [0.2, 0.25) is 0 Å². The minimum Gasteiger partial charge on any atom is -0.351 e. The SMILES string of the molecule is Cn1nc(-c2cccs2)cc1NC(N)=O. The van der Waals surface area contributed by atoms with E-state index in [1.807, 2.05) is 17.5 Å². The summed E-state index contributed by atoms with van der Waals surface area (Å²) in [5.74, 6) is 0.589. The van der Waals surface area contributed by atoms with Crippen LogP contribution in [0.1, 0.15) is 0 Å². The predicted octanol–water partition coefficient (Wildman–Crippen LogP) is 1.64. The molecule has 2 amide bonds. The predicted molar refractivity (Wildman–Crippen MR) is 59.7 cm³/mol. The standard InChI is InChI=1S/C9H10N4OS/c1-13-8(11-9(10)14)5-6(12-13)7-3-2-4-15-7/h2-5H,1H3,(H3,10,11,14). The van der Waals surface area contributed by atoms with E-state index in [9.17, 15) is 4.79 Å². The average molecular weight is 222 g/mol. The zero-order valence-electron chi connectivity index (χ0n) is 8.10. The number of carbonyl (C=O) groups excluding carboxylic acids is 1. The van der Waals surface area contributed by atoms with Crippen molar-refractivity contribution in [3.63, 3.8) is 0 Å². The van der Waals surface area contributed by atoms with Gasteiger partial charge in [0, 0.05) is 13.1 Å². The first-order chi connectivity index (χ1) is 7.16. The zero-order chi connectivity index (χ0) is 10.8. The minimum atomic E-state index is -0.587. The van der Waals surface area contributed by atoms with Crippen molar-refractivity contribution in [3.05, 3.63) is 23.6 Å². The highest BCUT2D eigenvalue weighted by Gasteiger charge is 2.08. The summed E-state index contributed by atoms with van der Waals surface area (Å²) in [6.45, 7) is 0. The van der Waals surface area contributed by atoms with Gasteiger partial charge in [0.25, 0.3) is 0 Å². The number of amides is 2. The summed E-state index contributed by atoms with van der Waals surface area (Å²) in [6, 6.07) is 5.13. The number of aryl methyl sites for hydroxylation is 1. The second-order valence-corrected chi connectivity index (χ2v) is 3.95. The number of hydrogen-bond acceptors (Lipinski definition) is 3. The Kier molecular flexibility index (Phi) is 2.42. The lowest BCUT2D eigenvalue weighted by atomic mass is 10.3. The number of nitrogens with zero attached hydrogens (tertiary/aromatic N) is 2. The molecular formula is C9H10N4OS. The molecule has 2 rings (SSSR count). The van der Waals surface area contributed by atoms with Crippen LogP contribution >= 0.6 is 11.3 Å². The van der Waals surface area contributed by atoms with E-state index in [-0.39, 0.29) is 0 Å². The average Bonchev–Trinajstić information content (AvgIpc) is 2.75. The molecule has 0 aromatic carbocycles. The van der Waals surface area contributed by atoms with Crippen LogP contribution in [0, 0.1) is 0 Å². The van der Waals surface area contributed by atoms with Crippen molar-refractivity contribution in [2.24, 2.45) is 12.8 Å². The van der Waals surface area contributed by atoms with Gasteiger partial charge in [-0.2, -0.15) is 5.10 Å². The summed E-state index contributed by atoms with van der Waals surface area (Å²) in [5, 5.41) is 8.74. The fourth-order valence-corrected chi connectivity index (χ4v) is 1.94. The molecule has 0 aliphatic rings. The third-order valence-electron chi connectivity index (χ3n) is 1.90. The molecule has 2 aromatic heterocycles. The molecule has 0 saturated heterocycles. The molecule has 2 heterocycles. The van der Waals surface area contributed by atoms with Crippen LogP contribution in [0.25, 0.3) is 10.6 Å². The highest BCUT2D eigenvalue weighted by molar-refractivity contribution is 7.13.